The van der Waals surface area contributed by atoms with Crippen LogP contribution in [0.25, 0.3) is 0 Å². The average Bonchev–Trinajstić information content (AvgIpc) is 2.63. The van der Waals surface area contributed by atoms with Crippen LogP contribution in [0.15, 0.2) is 4.90 Å². The number of nitrogens with zero attached hydrogens (tertiary/aromatic N) is 1. The molecule has 1 rings (SSSR count). The predicted molar refractivity (Wildman–Crippen MR) is 73.5 cm³/mol. The summed E-state index contributed by atoms with van der Waals surface area (Å²) in [5.74, 6) is 0.493. The monoisotopic (exact) mass is 289 g/mol. The topological polar surface area (TPSA) is 84.1 Å². The van der Waals surface area contributed by atoms with Gasteiger partial charge in [-0.2, -0.15) is 5.10 Å². The Kier molecular flexibility index (Phi) is 5.96. The summed E-state index contributed by atoms with van der Waals surface area (Å²) in [4.78, 5) is 0.246. The molecule has 6 nitrogen and oxygen atoms in total. The zero-order valence-corrected chi connectivity index (χ0v) is 12.8. The van der Waals surface area contributed by atoms with E-state index in [9.17, 15) is 8.42 Å². The molecule has 0 saturated heterocycles. The van der Waals surface area contributed by atoms with Crippen LogP contribution in [-0.2, 0) is 14.8 Å². The molecule has 0 unspecified atom stereocenters. The maximum atomic E-state index is 12.1. The average molecular weight is 289 g/mol. The zero-order chi connectivity index (χ0) is 14.5. The van der Waals surface area contributed by atoms with E-state index in [0.717, 1.165) is 0 Å². The SMILES string of the molecule is Cc1n[nH]c(C)c1S(=O)(=O)NCCCOCC(C)C. The van der Waals surface area contributed by atoms with E-state index in [2.05, 4.69) is 28.8 Å². The van der Waals surface area contributed by atoms with Gasteiger partial charge in [0, 0.05) is 19.8 Å². The van der Waals surface area contributed by atoms with Gasteiger partial charge in [0.05, 0.1) is 11.4 Å². The van der Waals surface area contributed by atoms with Gasteiger partial charge < -0.3 is 4.74 Å². The molecule has 0 aliphatic carbocycles. The molecule has 0 saturated carbocycles. The molecule has 1 aromatic heterocycles. The third-order valence-electron chi connectivity index (χ3n) is 2.54. The van der Waals surface area contributed by atoms with Crippen LogP contribution in [0.4, 0.5) is 0 Å². The number of sulfonamides is 1. The molecule has 0 amide bonds. The Morgan fingerprint density at radius 2 is 2.05 bits per heavy atom. The second kappa shape index (κ2) is 7.02. The molecule has 7 heteroatoms. The van der Waals surface area contributed by atoms with Crippen LogP contribution < -0.4 is 4.72 Å². The lowest BCUT2D eigenvalue weighted by Gasteiger charge is -2.08. The third-order valence-corrected chi connectivity index (χ3v) is 4.26. The predicted octanol–water partition coefficient (Wildman–Crippen LogP) is 1.37. The van der Waals surface area contributed by atoms with E-state index in [-0.39, 0.29) is 4.90 Å². The van der Waals surface area contributed by atoms with Gasteiger partial charge in [-0.1, -0.05) is 13.8 Å². The fourth-order valence-electron chi connectivity index (χ4n) is 1.71. The van der Waals surface area contributed by atoms with Crippen molar-refractivity contribution in [2.24, 2.45) is 5.92 Å². The van der Waals surface area contributed by atoms with Crippen LogP contribution in [0.3, 0.4) is 0 Å². The molecule has 1 aromatic rings. The highest BCUT2D eigenvalue weighted by Crippen LogP contribution is 2.15. The van der Waals surface area contributed by atoms with Gasteiger partial charge in [-0.15, -0.1) is 0 Å². The smallest absolute Gasteiger partial charge is 0.244 e. The molecule has 0 atom stereocenters. The van der Waals surface area contributed by atoms with Crippen LogP contribution in [-0.4, -0.2) is 38.4 Å². The molecule has 19 heavy (non-hydrogen) atoms. The van der Waals surface area contributed by atoms with Gasteiger partial charge >= 0.3 is 0 Å². The summed E-state index contributed by atoms with van der Waals surface area (Å²) in [6, 6.07) is 0. The maximum Gasteiger partial charge on any atom is 0.244 e. The summed E-state index contributed by atoms with van der Waals surface area (Å²) in [5, 5.41) is 6.56. The number of H-pyrrole nitrogens is 1. The van der Waals surface area contributed by atoms with Crippen molar-refractivity contribution >= 4 is 10.0 Å². The summed E-state index contributed by atoms with van der Waals surface area (Å²) < 4.78 is 32.1. The van der Waals surface area contributed by atoms with Crippen LogP contribution in [0.5, 0.6) is 0 Å². The Hall–Kier alpha value is -0.920. The summed E-state index contributed by atoms with van der Waals surface area (Å²) in [5.41, 5.74) is 1.04. The Balaban J connectivity index is 2.40. The highest BCUT2D eigenvalue weighted by Gasteiger charge is 2.21. The summed E-state index contributed by atoms with van der Waals surface area (Å²) in [6.45, 7) is 9.14. The van der Waals surface area contributed by atoms with Crippen molar-refractivity contribution in [1.82, 2.24) is 14.9 Å². The van der Waals surface area contributed by atoms with E-state index >= 15 is 0 Å². The molecule has 0 aliphatic rings. The molecule has 0 aliphatic heterocycles. The number of ether oxygens (including phenoxy) is 1. The minimum Gasteiger partial charge on any atom is -0.381 e. The van der Waals surface area contributed by atoms with Gasteiger partial charge in [-0.3, -0.25) is 5.10 Å². The molecular weight excluding hydrogens is 266 g/mol. The number of aryl methyl sites for hydroxylation is 2. The molecule has 0 bridgehead atoms. The van der Waals surface area contributed by atoms with Gasteiger partial charge in [0.1, 0.15) is 4.90 Å². The Labute approximate surface area is 115 Å². The van der Waals surface area contributed by atoms with Crippen molar-refractivity contribution in [2.75, 3.05) is 19.8 Å². The van der Waals surface area contributed by atoms with Crippen molar-refractivity contribution in [2.45, 2.75) is 39.0 Å². The standard InChI is InChI=1S/C12H23N3O3S/c1-9(2)8-18-7-5-6-13-19(16,17)12-10(3)14-15-11(12)4/h9,13H,5-8H2,1-4H3,(H,14,15). The minimum absolute atomic E-state index is 0.246. The molecule has 0 aromatic carbocycles. The van der Waals surface area contributed by atoms with Gasteiger partial charge in [0.25, 0.3) is 0 Å². The quantitative estimate of drug-likeness (QED) is 0.708. The summed E-state index contributed by atoms with van der Waals surface area (Å²) >= 11 is 0. The second-order valence-electron chi connectivity index (χ2n) is 4.98. The molecular formula is C12H23N3O3S. The first-order chi connectivity index (χ1) is 8.84. The van der Waals surface area contributed by atoms with E-state index in [1.165, 1.54) is 0 Å². The summed E-state index contributed by atoms with van der Waals surface area (Å²) in [7, 11) is -3.48. The second-order valence-corrected chi connectivity index (χ2v) is 6.69. The number of aromatic nitrogens is 2. The highest BCUT2D eigenvalue weighted by molar-refractivity contribution is 7.89. The van der Waals surface area contributed by atoms with E-state index < -0.39 is 10.0 Å². The van der Waals surface area contributed by atoms with E-state index in [4.69, 9.17) is 4.74 Å². The fourth-order valence-corrected chi connectivity index (χ4v) is 3.15. The van der Waals surface area contributed by atoms with Crippen LogP contribution in [0, 0.1) is 19.8 Å². The summed E-state index contributed by atoms with van der Waals surface area (Å²) in [6.07, 6.45) is 0.655. The lowest BCUT2D eigenvalue weighted by molar-refractivity contribution is 0.108. The molecule has 0 radical (unpaired) electrons. The Morgan fingerprint density at radius 3 is 2.58 bits per heavy atom. The molecule has 0 spiro atoms. The third kappa shape index (κ3) is 4.93. The highest BCUT2D eigenvalue weighted by atomic mass is 32.2. The van der Waals surface area contributed by atoms with Crippen LogP contribution >= 0.6 is 0 Å². The fraction of sp³-hybridized carbons (Fsp3) is 0.750. The van der Waals surface area contributed by atoms with E-state index in [1.54, 1.807) is 13.8 Å². The van der Waals surface area contributed by atoms with Crippen molar-refractivity contribution in [3.05, 3.63) is 11.4 Å². The molecule has 1 heterocycles. The maximum absolute atomic E-state index is 12.1. The van der Waals surface area contributed by atoms with Gasteiger partial charge in [-0.05, 0) is 26.2 Å². The van der Waals surface area contributed by atoms with E-state index in [1.807, 2.05) is 0 Å². The number of rotatable bonds is 8. The Bertz CT molecular complexity index is 475. The number of hydrogen-bond acceptors (Lipinski definition) is 4. The lowest BCUT2D eigenvalue weighted by Crippen LogP contribution is -2.26. The van der Waals surface area contributed by atoms with Crippen molar-refractivity contribution in [3.8, 4) is 0 Å². The molecule has 110 valence electrons. The first-order valence-corrected chi connectivity index (χ1v) is 7.92. The van der Waals surface area contributed by atoms with Gasteiger partial charge in [0.2, 0.25) is 10.0 Å². The molecule has 0 fully saturated rings. The van der Waals surface area contributed by atoms with Gasteiger partial charge in [-0.25, -0.2) is 13.1 Å². The first-order valence-electron chi connectivity index (χ1n) is 6.43. The lowest BCUT2D eigenvalue weighted by atomic mass is 10.2. The molecule has 2 N–H and O–H groups in total. The van der Waals surface area contributed by atoms with Gasteiger partial charge in [0.15, 0.2) is 0 Å². The zero-order valence-electron chi connectivity index (χ0n) is 12.0. The van der Waals surface area contributed by atoms with Crippen LogP contribution in [0.2, 0.25) is 0 Å². The van der Waals surface area contributed by atoms with E-state index in [0.29, 0.717) is 43.5 Å². The largest absolute Gasteiger partial charge is 0.381 e. The Morgan fingerprint density at radius 1 is 1.37 bits per heavy atom. The minimum atomic E-state index is -3.48. The van der Waals surface area contributed by atoms with Crippen molar-refractivity contribution in [1.29, 1.82) is 0 Å². The van der Waals surface area contributed by atoms with Crippen molar-refractivity contribution in [3.63, 3.8) is 0 Å². The van der Waals surface area contributed by atoms with Crippen LogP contribution in [0.1, 0.15) is 31.7 Å². The number of hydrogen-bond donors (Lipinski definition) is 2. The number of nitrogens with one attached hydrogen (secondary N) is 2. The van der Waals surface area contributed by atoms with Crippen molar-refractivity contribution < 1.29 is 13.2 Å². The normalized spacial score (nSPS) is 12.3. The first kappa shape index (κ1) is 16.1. The number of aromatic amines is 1.